The van der Waals surface area contributed by atoms with Gasteiger partial charge in [0.25, 0.3) is 0 Å². The van der Waals surface area contributed by atoms with E-state index in [-0.39, 0.29) is 31.1 Å². The zero-order valence-corrected chi connectivity index (χ0v) is 54.8. The van der Waals surface area contributed by atoms with Crippen molar-refractivity contribution < 1.29 is 28.6 Å². The van der Waals surface area contributed by atoms with Gasteiger partial charge in [0.1, 0.15) is 13.2 Å². The van der Waals surface area contributed by atoms with Crippen molar-refractivity contribution in [1.29, 1.82) is 0 Å². The lowest BCUT2D eigenvalue weighted by molar-refractivity contribution is -0.167. The molecule has 0 amide bonds. The highest BCUT2D eigenvalue weighted by molar-refractivity contribution is 5.71. The smallest absolute Gasteiger partial charge is 0.306 e. The van der Waals surface area contributed by atoms with E-state index in [1.54, 1.807) is 0 Å². The molecule has 0 N–H and O–H groups in total. The largest absolute Gasteiger partial charge is 0.462 e. The van der Waals surface area contributed by atoms with Gasteiger partial charge in [0, 0.05) is 19.3 Å². The van der Waals surface area contributed by atoms with E-state index in [0.717, 1.165) is 70.6 Å². The molecule has 0 rings (SSSR count). The van der Waals surface area contributed by atoms with Crippen molar-refractivity contribution in [2.24, 2.45) is 0 Å². The maximum Gasteiger partial charge on any atom is 0.306 e. The second-order valence-electron chi connectivity index (χ2n) is 24.9. The average molecular weight is 1140 g/mol. The number of ether oxygens (including phenoxy) is 3. The van der Waals surface area contributed by atoms with Crippen molar-refractivity contribution in [3.63, 3.8) is 0 Å². The first kappa shape index (κ1) is 78.6. The molecule has 1 unspecified atom stereocenters. The molecular formula is C75H140O6. The molecule has 0 saturated heterocycles. The predicted molar refractivity (Wildman–Crippen MR) is 353 cm³/mol. The van der Waals surface area contributed by atoms with Gasteiger partial charge in [-0.3, -0.25) is 14.4 Å². The summed E-state index contributed by atoms with van der Waals surface area (Å²) < 4.78 is 17.0. The van der Waals surface area contributed by atoms with E-state index in [2.05, 4.69) is 57.2 Å². The van der Waals surface area contributed by atoms with Gasteiger partial charge in [-0.1, -0.05) is 346 Å². The minimum Gasteiger partial charge on any atom is -0.462 e. The van der Waals surface area contributed by atoms with E-state index >= 15 is 0 Å². The first-order valence-corrected chi connectivity index (χ1v) is 36.5. The van der Waals surface area contributed by atoms with Crippen LogP contribution in [0.15, 0.2) is 36.5 Å². The Labute approximate surface area is 506 Å². The first-order chi connectivity index (χ1) is 40.0. The fraction of sp³-hybridized carbons (Fsp3) is 0.880. The van der Waals surface area contributed by atoms with Crippen LogP contribution >= 0.6 is 0 Å². The van der Waals surface area contributed by atoms with Crippen molar-refractivity contribution >= 4 is 17.9 Å². The molecule has 0 aromatic heterocycles. The van der Waals surface area contributed by atoms with Gasteiger partial charge in [0.05, 0.1) is 0 Å². The molecular weight excluding hydrogens is 997 g/mol. The second-order valence-corrected chi connectivity index (χ2v) is 24.9. The van der Waals surface area contributed by atoms with Gasteiger partial charge in [-0.15, -0.1) is 0 Å². The van der Waals surface area contributed by atoms with E-state index in [0.29, 0.717) is 19.3 Å². The van der Waals surface area contributed by atoms with Gasteiger partial charge in [-0.05, 0) is 77.0 Å². The van der Waals surface area contributed by atoms with E-state index in [1.165, 1.54) is 295 Å². The van der Waals surface area contributed by atoms with E-state index < -0.39 is 6.10 Å². The van der Waals surface area contributed by atoms with Crippen LogP contribution in [0.3, 0.4) is 0 Å². The van der Waals surface area contributed by atoms with Crippen molar-refractivity contribution in [2.45, 2.75) is 412 Å². The molecule has 0 aliphatic heterocycles. The van der Waals surface area contributed by atoms with Crippen LogP contribution in [-0.2, 0) is 28.6 Å². The molecule has 0 aliphatic carbocycles. The Morgan fingerprint density at radius 1 is 0.247 bits per heavy atom. The molecule has 0 bridgehead atoms. The number of allylic oxidation sites excluding steroid dienone is 6. The maximum absolute atomic E-state index is 12.9. The Hall–Kier alpha value is -2.37. The molecule has 0 aromatic rings. The minimum atomic E-state index is -0.771. The third-order valence-corrected chi connectivity index (χ3v) is 16.6. The van der Waals surface area contributed by atoms with Gasteiger partial charge in [-0.2, -0.15) is 0 Å². The van der Waals surface area contributed by atoms with Crippen LogP contribution in [0.4, 0.5) is 0 Å². The molecule has 6 nitrogen and oxygen atoms in total. The monoisotopic (exact) mass is 1140 g/mol. The molecule has 0 aliphatic rings. The summed E-state index contributed by atoms with van der Waals surface area (Å²) in [7, 11) is 0. The van der Waals surface area contributed by atoms with Crippen molar-refractivity contribution in [3.8, 4) is 0 Å². The van der Waals surface area contributed by atoms with Gasteiger partial charge < -0.3 is 14.2 Å². The van der Waals surface area contributed by atoms with Crippen LogP contribution in [0.5, 0.6) is 0 Å². The molecule has 0 saturated carbocycles. The standard InChI is InChI=1S/C75H140O6/c1-4-7-10-13-16-19-22-25-27-28-29-30-31-32-33-34-35-36-37-38-39-40-41-42-43-44-45-46-48-50-53-56-59-62-65-68-74(77)80-71-72(70-79-73(76)67-64-61-58-55-52-49-24-21-18-15-12-9-6-3)81-75(78)69-66-63-60-57-54-51-47-26-23-20-17-14-11-8-5-2/h21-22,24-25,28-29,72H,4-20,23,26-27,30-71H2,1-3H3/b24-21-,25-22-,29-28-. The summed E-state index contributed by atoms with van der Waals surface area (Å²) in [6.07, 6.45) is 87.7. The average Bonchev–Trinajstić information content (AvgIpc) is 3.46. The van der Waals surface area contributed by atoms with Crippen LogP contribution in [0.2, 0.25) is 0 Å². The third kappa shape index (κ3) is 68.3. The first-order valence-electron chi connectivity index (χ1n) is 36.5. The molecule has 6 heteroatoms. The summed E-state index contributed by atoms with van der Waals surface area (Å²) in [5.41, 5.74) is 0. The molecule has 81 heavy (non-hydrogen) atoms. The molecule has 1 atom stereocenters. The molecule has 0 radical (unpaired) electrons. The Balaban J connectivity index is 4.04. The van der Waals surface area contributed by atoms with Crippen molar-refractivity contribution in [2.75, 3.05) is 13.2 Å². The number of carbonyl (C=O) groups is 3. The lowest BCUT2D eigenvalue weighted by Gasteiger charge is -2.18. The molecule has 0 heterocycles. The van der Waals surface area contributed by atoms with E-state index in [1.807, 2.05) is 0 Å². The molecule has 476 valence electrons. The fourth-order valence-electron chi connectivity index (χ4n) is 11.1. The SMILES string of the molecule is CCCCCC/C=C\CCCCCCCC(=O)OCC(COC(=O)CCCCCCCCCCCCCCCCCCCCCCCCC/C=C\C/C=C\CCCCCCC)OC(=O)CCCCCCCCCCCCCCCCC. The number of hydrogen-bond donors (Lipinski definition) is 0. The van der Waals surface area contributed by atoms with Crippen LogP contribution in [0, 0.1) is 0 Å². The third-order valence-electron chi connectivity index (χ3n) is 16.6. The lowest BCUT2D eigenvalue weighted by atomic mass is 10.0. The van der Waals surface area contributed by atoms with Crippen LogP contribution in [0.25, 0.3) is 0 Å². The number of carbonyl (C=O) groups excluding carboxylic acids is 3. The summed E-state index contributed by atoms with van der Waals surface area (Å²) >= 11 is 0. The molecule has 0 aromatic carbocycles. The van der Waals surface area contributed by atoms with Crippen molar-refractivity contribution in [3.05, 3.63) is 36.5 Å². The normalized spacial score (nSPS) is 12.2. The molecule has 0 spiro atoms. The Bertz CT molecular complexity index is 1350. The van der Waals surface area contributed by atoms with Crippen LogP contribution in [0.1, 0.15) is 406 Å². The summed E-state index contributed by atoms with van der Waals surface area (Å²) in [6, 6.07) is 0. The van der Waals surface area contributed by atoms with Crippen LogP contribution < -0.4 is 0 Å². The van der Waals surface area contributed by atoms with Gasteiger partial charge in [-0.25, -0.2) is 0 Å². The quantitative estimate of drug-likeness (QED) is 0.0261. The number of esters is 3. The number of unbranched alkanes of at least 4 members (excludes halogenated alkanes) is 51. The summed E-state index contributed by atoms with van der Waals surface area (Å²) in [6.45, 7) is 6.68. The summed E-state index contributed by atoms with van der Waals surface area (Å²) in [4.78, 5) is 38.3. The molecule has 0 fully saturated rings. The number of hydrogen-bond acceptors (Lipinski definition) is 6. The highest BCUT2D eigenvalue weighted by atomic mass is 16.6. The Morgan fingerprint density at radius 2 is 0.444 bits per heavy atom. The van der Waals surface area contributed by atoms with Crippen molar-refractivity contribution in [1.82, 2.24) is 0 Å². The van der Waals surface area contributed by atoms with E-state index in [4.69, 9.17) is 14.2 Å². The fourth-order valence-corrected chi connectivity index (χ4v) is 11.1. The Kier molecular flexibility index (Phi) is 68.1. The highest BCUT2D eigenvalue weighted by Crippen LogP contribution is 2.19. The maximum atomic E-state index is 12.9. The minimum absolute atomic E-state index is 0.0680. The van der Waals surface area contributed by atoms with Gasteiger partial charge in [0.2, 0.25) is 0 Å². The summed E-state index contributed by atoms with van der Waals surface area (Å²) in [5.74, 6) is -0.848. The number of rotatable bonds is 68. The highest BCUT2D eigenvalue weighted by Gasteiger charge is 2.19. The van der Waals surface area contributed by atoms with Gasteiger partial charge >= 0.3 is 17.9 Å². The summed E-state index contributed by atoms with van der Waals surface area (Å²) in [5, 5.41) is 0. The topological polar surface area (TPSA) is 78.9 Å². The predicted octanol–water partition coefficient (Wildman–Crippen LogP) is 25.1. The van der Waals surface area contributed by atoms with Gasteiger partial charge in [0.15, 0.2) is 6.10 Å². The Morgan fingerprint density at radius 3 is 0.704 bits per heavy atom. The zero-order valence-electron chi connectivity index (χ0n) is 54.8. The van der Waals surface area contributed by atoms with Crippen LogP contribution in [-0.4, -0.2) is 37.2 Å². The zero-order chi connectivity index (χ0) is 58.5. The lowest BCUT2D eigenvalue weighted by Crippen LogP contribution is -2.30. The second kappa shape index (κ2) is 70.1. The van der Waals surface area contributed by atoms with E-state index in [9.17, 15) is 14.4 Å².